The van der Waals surface area contributed by atoms with E-state index in [0.29, 0.717) is 5.84 Å². The van der Waals surface area contributed by atoms with Crippen LogP contribution < -0.4 is 0 Å². The van der Waals surface area contributed by atoms with Gasteiger partial charge >= 0.3 is 0 Å². The first kappa shape index (κ1) is 7.04. The lowest BCUT2D eigenvalue weighted by Crippen LogP contribution is -1.97. The molecule has 0 bridgehead atoms. The summed E-state index contributed by atoms with van der Waals surface area (Å²) in [7, 11) is 0. The summed E-state index contributed by atoms with van der Waals surface area (Å²) in [4.78, 5) is 6.94. The summed E-state index contributed by atoms with van der Waals surface area (Å²) in [6.07, 6.45) is 1.31. The molecule has 0 heterocycles. The quantitative estimate of drug-likeness (QED) is 0.403. The van der Waals surface area contributed by atoms with Crippen molar-refractivity contribution in [2.75, 3.05) is 6.61 Å². The first-order chi connectivity index (χ1) is 3.85. The van der Waals surface area contributed by atoms with Crippen LogP contribution in [0.5, 0.6) is 0 Å². The smallest absolute Gasteiger partial charge is 0.152 e. The van der Waals surface area contributed by atoms with Crippen LogP contribution in [0, 0.1) is 0 Å². The molecule has 44 valence electrons. The zero-order valence-corrected chi connectivity index (χ0v) is 4.54. The predicted octanol–water partition coefficient (Wildman–Crippen LogP) is 0.221. The Balaban J connectivity index is 3.84. The van der Waals surface area contributed by atoms with Crippen LogP contribution in [-0.2, 0) is 0 Å². The van der Waals surface area contributed by atoms with Crippen molar-refractivity contribution in [3.05, 3.63) is 12.8 Å². The largest absolute Gasteiger partial charge is 0.388 e. The normalized spacial score (nSPS) is 10.9. The lowest BCUT2D eigenvalue weighted by molar-refractivity contribution is 0.356. The van der Waals surface area contributed by atoms with E-state index in [9.17, 15) is 0 Å². The van der Waals surface area contributed by atoms with Crippen LogP contribution in [0.3, 0.4) is 0 Å². The number of aliphatic imine (C=N–C) groups is 2. The van der Waals surface area contributed by atoms with E-state index in [2.05, 4.69) is 23.3 Å². The molecule has 0 spiro atoms. The Hall–Kier alpha value is -0.960. The summed E-state index contributed by atoms with van der Waals surface area (Å²) in [5.41, 5.74) is 0. The second kappa shape index (κ2) is 4.21. The summed E-state index contributed by atoms with van der Waals surface area (Å²) < 4.78 is 0. The summed E-state index contributed by atoms with van der Waals surface area (Å²) in [6.45, 7) is 6.29. The van der Waals surface area contributed by atoms with Crippen molar-refractivity contribution in [2.45, 2.75) is 0 Å². The van der Waals surface area contributed by atoms with Crippen LogP contribution in [0.1, 0.15) is 0 Å². The van der Waals surface area contributed by atoms with Gasteiger partial charge in [-0.15, -0.1) is 0 Å². The van der Waals surface area contributed by atoms with Crippen molar-refractivity contribution >= 4 is 12.6 Å². The number of aliphatic hydroxyl groups excluding tert-OH is 1. The van der Waals surface area contributed by atoms with Gasteiger partial charge in [0, 0.05) is 6.20 Å². The Morgan fingerprint density at radius 3 is 2.50 bits per heavy atom. The molecule has 0 aromatic rings. The molecule has 0 radical (unpaired) electrons. The second-order valence-corrected chi connectivity index (χ2v) is 1.04. The van der Waals surface area contributed by atoms with Gasteiger partial charge in [0.05, 0.1) is 0 Å². The number of hydrogen-bond donors (Lipinski definition) is 1. The fraction of sp³-hybridized carbons (Fsp3) is 0.200. The van der Waals surface area contributed by atoms with Crippen molar-refractivity contribution in [1.29, 1.82) is 0 Å². The highest BCUT2D eigenvalue weighted by molar-refractivity contribution is 5.87. The van der Waals surface area contributed by atoms with Gasteiger partial charge in [-0.1, -0.05) is 6.58 Å². The minimum Gasteiger partial charge on any atom is -0.388 e. The molecule has 0 rings (SSSR count). The van der Waals surface area contributed by atoms with Crippen LogP contribution in [0.2, 0.25) is 0 Å². The monoisotopic (exact) mass is 112 g/mol. The molecule has 3 nitrogen and oxygen atoms in total. The number of hydrogen-bond acceptors (Lipinski definition) is 2. The molecular weight excluding hydrogens is 104 g/mol. The predicted molar refractivity (Wildman–Crippen MR) is 34.3 cm³/mol. The molecule has 0 aliphatic heterocycles. The molecule has 0 atom stereocenters. The topological polar surface area (TPSA) is 45.0 Å². The third kappa shape index (κ3) is 2.25. The maximum Gasteiger partial charge on any atom is 0.152 e. The molecule has 0 aliphatic rings. The molecule has 8 heavy (non-hydrogen) atoms. The van der Waals surface area contributed by atoms with Crippen LogP contribution in [0.4, 0.5) is 0 Å². The lowest BCUT2D eigenvalue weighted by atomic mass is 10.6. The molecule has 0 amide bonds. The van der Waals surface area contributed by atoms with E-state index in [0.717, 1.165) is 0 Å². The third-order valence-electron chi connectivity index (χ3n) is 0.564. The minimum atomic E-state index is -0.185. The molecule has 0 unspecified atom stereocenters. The number of nitrogens with zero attached hydrogens (tertiary/aromatic N) is 2. The Bertz CT molecular complexity index is 118. The highest BCUT2D eigenvalue weighted by atomic mass is 16.3. The zero-order valence-electron chi connectivity index (χ0n) is 4.54. The van der Waals surface area contributed by atoms with Gasteiger partial charge in [-0.3, -0.25) is 0 Å². The summed E-state index contributed by atoms with van der Waals surface area (Å²) in [5.74, 6) is 0.292. The lowest BCUT2D eigenvalue weighted by Gasteiger charge is -1.86. The van der Waals surface area contributed by atoms with E-state index in [-0.39, 0.29) is 6.61 Å². The summed E-state index contributed by atoms with van der Waals surface area (Å²) in [5, 5.41) is 8.34. The van der Waals surface area contributed by atoms with Crippen molar-refractivity contribution < 1.29 is 5.11 Å². The maximum absolute atomic E-state index is 8.34. The van der Waals surface area contributed by atoms with E-state index < -0.39 is 0 Å². The van der Waals surface area contributed by atoms with E-state index in [1.54, 1.807) is 0 Å². The minimum absolute atomic E-state index is 0.185. The van der Waals surface area contributed by atoms with Crippen molar-refractivity contribution in [1.82, 2.24) is 0 Å². The number of amidine groups is 1. The van der Waals surface area contributed by atoms with Crippen LogP contribution >= 0.6 is 0 Å². The van der Waals surface area contributed by atoms with Gasteiger partial charge in [0.1, 0.15) is 6.61 Å². The van der Waals surface area contributed by atoms with Gasteiger partial charge in [0.25, 0.3) is 0 Å². The van der Waals surface area contributed by atoms with E-state index in [4.69, 9.17) is 5.11 Å². The van der Waals surface area contributed by atoms with Crippen molar-refractivity contribution in [3.8, 4) is 0 Å². The number of aliphatic hydroxyl groups is 1. The summed E-state index contributed by atoms with van der Waals surface area (Å²) in [6, 6.07) is 0. The fourth-order valence-corrected chi connectivity index (χ4v) is 0.237. The second-order valence-electron chi connectivity index (χ2n) is 1.04. The van der Waals surface area contributed by atoms with Crippen LogP contribution in [-0.4, -0.2) is 24.3 Å². The first-order valence-electron chi connectivity index (χ1n) is 2.10. The molecule has 3 heteroatoms. The van der Waals surface area contributed by atoms with Gasteiger partial charge < -0.3 is 5.11 Å². The van der Waals surface area contributed by atoms with Gasteiger partial charge in [-0.25, -0.2) is 9.98 Å². The molecule has 0 saturated carbocycles. The Labute approximate surface area is 48.1 Å². The molecule has 1 N–H and O–H groups in total. The van der Waals surface area contributed by atoms with E-state index in [1.165, 1.54) is 6.20 Å². The summed E-state index contributed by atoms with van der Waals surface area (Å²) >= 11 is 0. The molecule has 0 saturated heterocycles. The molecule has 0 aliphatic carbocycles. The Kier molecular flexibility index (Phi) is 3.70. The maximum atomic E-state index is 8.34. The van der Waals surface area contributed by atoms with E-state index >= 15 is 0 Å². The van der Waals surface area contributed by atoms with Gasteiger partial charge in [0.2, 0.25) is 0 Å². The van der Waals surface area contributed by atoms with E-state index in [1.807, 2.05) is 0 Å². The Morgan fingerprint density at radius 1 is 1.75 bits per heavy atom. The van der Waals surface area contributed by atoms with Gasteiger partial charge in [-0.05, 0) is 6.72 Å². The van der Waals surface area contributed by atoms with Crippen LogP contribution in [0.25, 0.3) is 0 Å². The zero-order chi connectivity index (χ0) is 6.41. The Morgan fingerprint density at radius 2 is 2.38 bits per heavy atom. The van der Waals surface area contributed by atoms with Crippen molar-refractivity contribution in [3.63, 3.8) is 0 Å². The van der Waals surface area contributed by atoms with Gasteiger partial charge in [0.15, 0.2) is 5.84 Å². The molecule has 0 aromatic heterocycles. The number of rotatable bonds is 2. The first-order valence-corrected chi connectivity index (χ1v) is 2.10. The average molecular weight is 112 g/mol. The third-order valence-corrected chi connectivity index (χ3v) is 0.564. The SMILES string of the molecule is C=CN=C(CO)N=C. The molecular formula is C5H8N2O. The highest BCUT2D eigenvalue weighted by Crippen LogP contribution is 1.77. The molecule has 0 fully saturated rings. The van der Waals surface area contributed by atoms with Gasteiger partial charge in [-0.2, -0.15) is 0 Å². The van der Waals surface area contributed by atoms with Crippen molar-refractivity contribution in [2.24, 2.45) is 9.98 Å². The average Bonchev–Trinajstić information content (AvgIpc) is 1.83. The molecule has 0 aromatic carbocycles. The highest BCUT2D eigenvalue weighted by Gasteiger charge is 1.84. The standard InChI is InChI=1S/C5H8N2O/c1-3-7-5(4-8)6-2/h3,8H,1-2,4H2. The van der Waals surface area contributed by atoms with Crippen LogP contribution in [0.15, 0.2) is 22.8 Å². The fourth-order valence-electron chi connectivity index (χ4n) is 0.237.